The molecule has 2 atom stereocenters. The first kappa shape index (κ1) is 19.9. The predicted molar refractivity (Wildman–Crippen MR) is 115 cm³/mol. The molecule has 0 bridgehead atoms. The summed E-state index contributed by atoms with van der Waals surface area (Å²) in [5.41, 5.74) is 3.30. The molecular formula is C24H24N2O4. The second-order valence-electron chi connectivity index (χ2n) is 7.63. The number of carbonyl (C=O) groups excluding carboxylic acids is 2. The molecule has 30 heavy (non-hydrogen) atoms. The normalized spacial score (nSPS) is 21.0. The number of nitrogens with one attached hydrogen (secondary N) is 1. The van der Waals surface area contributed by atoms with Gasteiger partial charge in [-0.15, -0.1) is 0 Å². The van der Waals surface area contributed by atoms with Crippen LogP contribution in [0.4, 0.5) is 5.69 Å². The molecule has 0 aromatic heterocycles. The summed E-state index contributed by atoms with van der Waals surface area (Å²) in [6.07, 6.45) is 1.93. The van der Waals surface area contributed by atoms with Gasteiger partial charge in [-0.3, -0.25) is 14.6 Å². The molecule has 2 aromatic rings. The highest BCUT2D eigenvalue weighted by atomic mass is 16.5. The van der Waals surface area contributed by atoms with Crippen molar-refractivity contribution in [2.75, 3.05) is 12.4 Å². The van der Waals surface area contributed by atoms with Crippen LogP contribution in [-0.4, -0.2) is 29.6 Å². The van der Waals surface area contributed by atoms with Gasteiger partial charge in [0.25, 0.3) is 0 Å². The van der Waals surface area contributed by atoms with Gasteiger partial charge >= 0.3 is 0 Å². The fourth-order valence-electron chi connectivity index (χ4n) is 4.38. The van der Waals surface area contributed by atoms with Crippen LogP contribution in [0.5, 0.6) is 11.5 Å². The van der Waals surface area contributed by atoms with Gasteiger partial charge in [-0.1, -0.05) is 24.3 Å². The van der Waals surface area contributed by atoms with Gasteiger partial charge in [-0.2, -0.15) is 0 Å². The van der Waals surface area contributed by atoms with Gasteiger partial charge in [0.2, 0.25) is 5.91 Å². The number of rotatable bonds is 4. The number of anilines is 1. The van der Waals surface area contributed by atoms with E-state index in [0.29, 0.717) is 35.6 Å². The maximum absolute atomic E-state index is 13.5. The number of nitrogens with zero attached hydrogens (tertiary/aromatic N) is 1. The van der Waals surface area contributed by atoms with Gasteiger partial charge in [0.15, 0.2) is 5.78 Å². The number of Topliss-reactive ketones (excluding diaryl/α,β-unsaturated/α-hetero) is 1. The van der Waals surface area contributed by atoms with Crippen LogP contribution >= 0.6 is 0 Å². The molecule has 6 heteroatoms. The fraction of sp³-hybridized carbons (Fsp3) is 0.292. The van der Waals surface area contributed by atoms with Crippen molar-refractivity contribution in [3.63, 3.8) is 0 Å². The molecule has 1 amide bonds. The molecule has 2 aromatic carbocycles. The lowest BCUT2D eigenvalue weighted by Crippen LogP contribution is -2.39. The van der Waals surface area contributed by atoms with Gasteiger partial charge in [0.05, 0.1) is 18.7 Å². The SMILES string of the molecule is COc1ccccc1NC(=O)C1C(C)=NC2=C(C(=O)CCC2)[C@@H]1c1cccc(O)c1. The summed E-state index contributed by atoms with van der Waals surface area (Å²) in [4.78, 5) is 31.0. The van der Waals surface area contributed by atoms with Gasteiger partial charge in [0, 0.05) is 29.3 Å². The van der Waals surface area contributed by atoms with E-state index < -0.39 is 11.8 Å². The van der Waals surface area contributed by atoms with Crippen molar-refractivity contribution in [1.82, 2.24) is 0 Å². The van der Waals surface area contributed by atoms with Crippen LogP contribution in [0, 0.1) is 5.92 Å². The molecule has 0 fully saturated rings. The van der Waals surface area contributed by atoms with E-state index in [1.165, 1.54) is 0 Å². The Kier molecular flexibility index (Phi) is 5.40. The molecule has 0 saturated heterocycles. The Balaban J connectivity index is 1.78. The Morgan fingerprint density at radius 3 is 2.73 bits per heavy atom. The number of phenols is 1. The Hall–Kier alpha value is -3.41. The number of aromatic hydroxyl groups is 1. The van der Waals surface area contributed by atoms with Crippen LogP contribution in [0.25, 0.3) is 0 Å². The Labute approximate surface area is 175 Å². The van der Waals surface area contributed by atoms with Gasteiger partial charge in [0.1, 0.15) is 11.5 Å². The molecule has 1 aliphatic carbocycles. The number of amides is 1. The first-order valence-electron chi connectivity index (χ1n) is 10.0. The maximum atomic E-state index is 13.5. The van der Waals surface area contributed by atoms with E-state index in [0.717, 1.165) is 17.7 Å². The molecule has 0 radical (unpaired) electrons. The van der Waals surface area contributed by atoms with E-state index >= 15 is 0 Å². The number of ether oxygens (including phenoxy) is 1. The second kappa shape index (κ2) is 8.14. The first-order chi connectivity index (χ1) is 14.5. The van der Waals surface area contributed by atoms with E-state index in [9.17, 15) is 14.7 Å². The number of methoxy groups -OCH3 is 1. The van der Waals surface area contributed by atoms with E-state index in [1.54, 1.807) is 37.4 Å². The molecule has 0 saturated carbocycles. The number of carbonyl (C=O) groups is 2. The van der Waals surface area contributed by atoms with Crippen LogP contribution in [0.3, 0.4) is 0 Å². The Morgan fingerprint density at radius 2 is 1.97 bits per heavy atom. The summed E-state index contributed by atoms with van der Waals surface area (Å²) in [6, 6.07) is 14.0. The predicted octanol–water partition coefficient (Wildman–Crippen LogP) is 4.22. The largest absolute Gasteiger partial charge is 0.508 e. The molecule has 4 rings (SSSR count). The minimum Gasteiger partial charge on any atom is -0.508 e. The molecule has 1 unspecified atom stereocenters. The number of aliphatic imine (C=N–C) groups is 1. The van der Waals surface area contributed by atoms with Crippen LogP contribution in [0.15, 0.2) is 64.8 Å². The minimum absolute atomic E-state index is 0.0240. The van der Waals surface area contributed by atoms with Crippen LogP contribution in [-0.2, 0) is 9.59 Å². The molecular weight excluding hydrogens is 380 g/mol. The van der Waals surface area contributed by atoms with Crippen LogP contribution < -0.4 is 10.1 Å². The van der Waals surface area contributed by atoms with Gasteiger partial charge < -0.3 is 15.2 Å². The standard InChI is InChI=1S/C24H24N2O4/c1-14-21(24(29)26-17-9-3-4-12-20(17)30-2)22(15-7-5-8-16(27)13-15)23-18(25-14)10-6-11-19(23)28/h3-5,7-9,12-13,21-22,27H,6,10-11H2,1-2H3,(H,26,29)/t21?,22-/m1/s1. The summed E-state index contributed by atoms with van der Waals surface area (Å²) < 4.78 is 5.35. The smallest absolute Gasteiger partial charge is 0.234 e. The average Bonchev–Trinajstić information content (AvgIpc) is 2.73. The van der Waals surface area contributed by atoms with E-state index in [-0.39, 0.29) is 17.4 Å². The van der Waals surface area contributed by atoms with Gasteiger partial charge in [-0.25, -0.2) is 0 Å². The lowest BCUT2D eigenvalue weighted by Gasteiger charge is -2.35. The molecule has 2 N–H and O–H groups in total. The second-order valence-corrected chi connectivity index (χ2v) is 7.63. The minimum atomic E-state index is -0.669. The topological polar surface area (TPSA) is 88.0 Å². The van der Waals surface area contributed by atoms with Crippen molar-refractivity contribution < 1.29 is 19.4 Å². The molecule has 0 spiro atoms. The molecule has 1 aliphatic heterocycles. The number of para-hydroxylation sites is 2. The monoisotopic (exact) mass is 404 g/mol. The van der Waals surface area contributed by atoms with Crippen molar-refractivity contribution in [1.29, 1.82) is 0 Å². The highest BCUT2D eigenvalue weighted by molar-refractivity contribution is 6.13. The number of ketones is 1. The van der Waals surface area contributed by atoms with Crippen molar-refractivity contribution in [3.05, 3.63) is 65.4 Å². The quantitative estimate of drug-likeness (QED) is 0.799. The fourth-order valence-corrected chi connectivity index (χ4v) is 4.38. The zero-order chi connectivity index (χ0) is 21.3. The molecule has 154 valence electrons. The third-order valence-corrected chi connectivity index (χ3v) is 5.71. The summed E-state index contributed by atoms with van der Waals surface area (Å²) in [5, 5.41) is 13.0. The number of phenolic OH excluding ortho intramolecular Hbond substituents is 1. The molecule has 2 aliphatic rings. The summed E-state index contributed by atoms with van der Waals surface area (Å²) in [6.45, 7) is 1.82. The van der Waals surface area contributed by atoms with E-state index in [2.05, 4.69) is 10.3 Å². The van der Waals surface area contributed by atoms with E-state index in [4.69, 9.17) is 4.74 Å². The number of hydrogen-bond acceptors (Lipinski definition) is 5. The number of allylic oxidation sites excluding steroid dienone is 2. The molecule has 6 nitrogen and oxygen atoms in total. The van der Waals surface area contributed by atoms with Crippen molar-refractivity contribution in [2.24, 2.45) is 10.9 Å². The Morgan fingerprint density at radius 1 is 1.17 bits per heavy atom. The zero-order valence-electron chi connectivity index (χ0n) is 17.0. The Bertz CT molecular complexity index is 1070. The summed E-state index contributed by atoms with van der Waals surface area (Å²) in [5.74, 6) is -0.750. The third kappa shape index (κ3) is 3.61. The highest BCUT2D eigenvalue weighted by Crippen LogP contribution is 2.44. The highest BCUT2D eigenvalue weighted by Gasteiger charge is 2.42. The van der Waals surface area contributed by atoms with E-state index in [1.807, 2.05) is 25.1 Å². The zero-order valence-corrected chi connectivity index (χ0v) is 17.0. The maximum Gasteiger partial charge on any atom is 0.234 e. The average molecular weight is 404 g/mol. The van der Waals surface area contributed by atoms with Crippen molar-refractivity contribution >= 4 is 23.1 Å². The lowest BCUT2D eigenvalue weighted by atomic mass is 9.71. The number of benzene rings is 2. The third-order valence-electron chi connectivity index (χ3n) is 5.71. The van der Waals surface area contributed by atoms with Gasteiger partial charge in [-0.05, 0) is 49.6 Å². The van der Waals surface area contributed by atoms with Crippen molar-refractivity contribution in [3.8, 4) is 11.5 Å². The van der Waals surface area contributed by atoms with Crippen LogP contribution in [0.2, 0.25) is 0 Å². The molecule has 1 heterocycles. The summed E-state index contributed by atoms with van der Waals surface area (Å²) in [7, 11) is 1.55. The lowest BCUT2D eigenvalue weighted by molar-refractivity contribution is -0.119. The number of hydrogen-bond donors (Lipinski definition) is 2. The van der Waals surface area contributed by atoms with Crippen LogP contribution in [0.1, 0.15) is 37.7 Å². The van der Waals surface area contributed by atoms with Crippen molar-refractivity contribution in [2.45, 2.75) is 32.1 Å². The first-order valence-corrected chi connectivity index (χ1v) is 10.0. The summed E-state index contributed by atoms with van der Waals surface area (Å²) >= 11 is 0.